The van der Waals surface area contributed by atoms with Crippen LogP contribution in [0.1, 0.15) is 0 Å². The molecule has 3 aromatic carbocycles. The van der Waals surface area contributed by atoms with E-state index >= 15 is 0 Å². The van der Waals surface area contributed by atoms with Gasteiger partial charge in [-0.2, -0.15) is 0 Å². The maximum atomic E-state index is 6.78. The quantitative estimate of drug-likeness (QED) is 0.240. The molecule has 0 amide bonds. The summed E-state index contributed by atoms with van der Waals surface area (Å²) in [5.41, 5.74) is 0. The normalized spacial score (nSPS) is 22.4. The molecular formula is C18H15Cl3N3O3P3. The molecule has 1 aliphatic heterocycles. The number of hydrogen-bond donors (Lipinski definition) is 0. The third-order valence-corrected chi connectivity index (χ3v) is 14.1. The summed E-state index contributed by atoms with van der Waals surface area (Å²) in [7, 11) is -6.20. The van der Waals surface area contributed by atoms with Gasteiger partial charge in [0.2, 0.25) is 0 Å². The molecule has 4 rings (SSSR count). The second-order valence-corrected chi connectivity index (χ2v) is 14.2. The molecule has 0 fully saturated rings. The molecule has 0 saturated heterocycles. The molecule has 0 aromatic heterocycles. The first-order valence-electron chi connectivity index (χ1n) is 8.60. The third-order valence-electron chi connectivity index (χ3n) is 3.83. The molecule has 0 aliphatic carbocycles. The minimum absolute atomic E-state index is 0.284. The Labute approximate surface area is 192 Å². The molecule has 6 nitrogen and oxygen atoms in total. The van der Waals surface area contributed by atoms with E-state index in [1.807, 2.05) is 54.6 Å². The maximum absolute atomic E-state index is 6.78. The Morgan fingerprint density at radius 2 is 1.07 bits per heavy atom. The average Bonchev–Trinajstić information content (AvgIpc) is 2.78. The predicted octanol–water partition coefficient (Wildman–Crippen LogP) is 8.79. The van der Waals surface area contributed by atoms with Gasteiger partial charge in [0.1, 0.15) is 0 Å². The Balaban J connectivity index is 1.93. The van der Waals surface area contributed by atoms with Gasteiger partial charge in [-0.15, -0.1) is 0 Å². The van der Waals surface area contributed by atoms with Crippen molar-refractivity contribution in [2.75, 3.05) is 0 Å². The topological polar surface area (TPSA) is 46.5 Å². The molecule has 1 aliphatic rings. The van der Waals surface area contributed by atoms with Crippen LogP contribution in [0.25, 0.3) is 0 Å². The van der Waals surface area contributed by atoms with Crippen molar-refractivity contribution in [3.63, 3.8) is 0 Å². The van der Waals surface area contributed by atoms with Crippen molar-refractivity contribution in [3.8, 4) is 17.2 Å². The summed E-state index contributed by atoms with van der Waals surface area (Å²) >= 11 is 19.6. The molecule has 0 N–H and O–H groups in total. The summed E-state index contributed by atoms with van der Waals surface area (Å²) in [4.78, 5) is 0. The van der Waals surface area contributed by atoms with Gasteiger partial charge in [-0.05, 0) is 0 Å². The second kappa shape index (κ2) is 9.12. The van der Waals surface area contributed by atoms with E-state index in [1.54, 1.807) is 36.4 Å². The Morgan fingerprint density at radius 1 is 0.700 bits per heavy atom. The van der Waals surface area contributed by atoms with Crippen LogP contribution in [0.15, 0.2) is 95.5 Å². The number of para-hydroxylation sites is 3. The molecule has 156 valence electrons. The first-order valence-corrected chi connectivity index (χ1v) is 14.1. The van der Waals surface area contributed by atoms with E-state index < -0.39 is 15.2 Å². The van der Waals surface area contributed by atoms with E-state index in [0.717, 1.165) is 3.96 Å². The van der Waals surface area contributed by atoms with Crippen LogP contribution in [0.4, 0.5) is 0 Å². The van der Waals surface area contributed by atoms with E-state index in [4.69, 9.17) is 48.4 Å². The Kier molecular flexibility index (Phi) is 6.70. The Bertz CT molecular complexity index is 917. The molecule has 1 heterocycles. The van der Waals surface area contributed by atoms with E-state index in [-0.39, 0.29) is 8.52 Å². The average molecular weight is 521 g/mol. The fourth-order valence-electron chi connectivity index (χ4n) is 2.55. The van der Waals surface area contributed by atoms with Crippen molar-refractivity contribution in [1.82, 2.24) is 7.92 Å². The van der Waals surface area contributed by atoms with E-state index in [0.29, 0.717) is 17.2 Å². The van der Waals surface area contributed by atoms with E-state index in [1.165, 1.54) is 3.96 Å². The molecule has 30 heavy (non-hydrogen) atoms. The molecule has 0 radical (unpaired) electrons. The molecule has 0 spiro atoms. The summed E-state index contributed by atoms with van der Waals surface area (Å²) < 4.78 is 26.3. The van der Waals surface area contributed by atoms with Crippen molar-refractivity contribution >= 4 is 58.5 Å². The zero-order valence-corrected chi connectivity index (χ0v) is 20.2. The number of benzene rings is 3. The monoisotopic (exact) mass is 519 g/mol. The van der Waals surface area contributed by atoms with Crippen LogP contribution in [0.2, 0.25) is 0 Å². The SMILES string of the molecule is ClN1P=NP(Oc2ccccc2)(Oc2ccccc2)(Oc2ccccc2)N(Cl)P1Cl. The van der Waals surface area contributed by atoms with Crippen molar-refractivity contribution < 1.29 is 13.6 Å². The van der Waals surface area contributed by atoms with Gasteiger partial charge in [0.15, 0.2) is 0 Å². The molecule has 0 saturated carbocycles. The van der Waals surface area contributed by atoms with Crippen LogP contribution in [0.3, 0.4) is 0 Å². The molecular weight excluding hydrogens is 505 g/mol. The van der Waals surface area contributed by atoms with Crippen LogP contribution in [-0.4, -0.2) is 7.92 Å². The van der Waals surface area contributed by atoms with Crippen molar-refractivity contribution in [3.05, 3.63) is 91.0 Å². The molecule has 0 bridgehead atoms. The summed E-state index contributed by atoms with van der Waals surface area (Å²) in [5.74, 6) is 1.36. The van der Waals surface area contributed by atoms with Crippen LogP contribution in [-0.2, 0) is 0 Å². The van der Waals surface area contributed by atoms with Gasteiger partial charge in [0, 0.05) is 0 Å². The summed E-state index contributed by atoms with van der Waals surface area (Å²) in [6.07, 6.45) is 0. The fraction of sp³-hybridized carbons (Fsp3) is 0. The van der Waals surface area contributed by atoms with Gasteiger partial charge in [-0.25, -0.2) is 0 Å². The van der Waals surface area contributed by atoms with Gasteiger partial charge < -0.3 is 0 Å². The summed E-state index contributed by atoms with van der Waals surface area (Å²) in [6, 6.07) is 27.1. The van der Waals surface area contributed by atoms with Crippen LogP contribution in [0.5, 0.6) is 17.2 Å². The molecule has 3 aromatic rings. The number of rotatable bonds is 6. The van der Waals surface area contributed by atoms with Gasteiger partial charge >= 0.3 is 193 Å². The molecule has 1 atom stereocenters. The minimum atomic E-state index is -4.69. The zero-order valence-electron chi connectivity index (χ0n) is 15.2. The Hall–Kier alpha value is -1.19. The van der Waals surface area contributed by atoms with Crippen molar-refractivity contribution in [2.45, 2.75) is 0 Å². The summed E-state index contributed by atoms with van der Waals surface area (Å²) in [5, 5.41) is 0. The van der Waals surface area contributed by atoms with Gasteiger partial charge in [-0.1, -0.05) is 0 Å². The van der Waals surface area contributed by atoms with Gasteiger partial charge in [0.05, 0.1) is 0 Å². The first-order chi connectivity index (χ1) is 14.5. The third kappa shape index (κ3) is 4.39. The predicted molar refractivity (Wildman–Crippen MR) is 126 cm³/mol. The number of hydrogen-bond acceptors (Lipinski definition) is 6. The van der Waals surface area contributed by atoms with Crippen molar-refractivity contribution in [1.29, 1.82) is 0 Å². The van der Waals surface area contributed by atoms with Gasteiger partial charge in [-0.3, -0.25) is 0 Å². The molecule has 12 heteroatoms. The summed E-state index contributed by atoms with van der Waals surface area (Å²) in [6.45, 7) is 0. The van der Waals surface area contributed by atoms with Gasteiger partial charge in [0.25, 0.3) is 0 Å². The van der Waals surface area contributed by atoms with Crippen LogP contribution in [0, 0.1) is 0 Å². The number of nitrogens with zero attached hydrogens (tertiary/aromatic N) is 3. The number of halogens is 3. The van der Waals surface area contributed by atoms with Crippen LogP contribution < -0.4 is 13.6 Å². The first kappa shape index (κ1) is 22.0. The zero-order chi connectivity index (χ0) is 21.1. The van der Waals surface area contributed by atoms with E-state index in [9.17, 15) is 0 Å². The van der Waals surface area contributed by atoms with Crippen LogP contribution >= 0.6 is 58.5 Å². The van der Waals surface area contributed by atoms with Crippen molar-refractivity contribution in [2.24, 2.45) is 4.52 Å². The standard InChI is InChI=1S/C18H15Cl3N3O3P3/c19-23-28-22-30(24(20)29(23)21,25-16-10-4-1-5-11-16,26-17-12-6-2-7-13-17)27-18-14-8-3-9-15-18/h1-15H. The fourth-order valence-corrected chi connectivity index (χ4v) is 11.7. The second-order valence-electron chi connectivity index (χ2n) is 5.92. The molecule has 1 unspecified atom stereocenters. The van der Waals surface area contributed by atoms with E-state index in [2.05, 4.69) is 4.52 Å². The Morgan fingerprint density at radius 3 is 1.43 bits per heavy atom.